The molecule has 0 aliphatic rings. The van der Waals surface area contributed by atoms with E-state index in [0.717, 1.165) is 17.0 Å². The first-order valence-corrected chi connectivity index (χ1v) is 15.2. The number of ether oxygens (including phenoxy) is 2. The van der Waals surface area contributed by atoms with Crippen LogP contribution in [0.3, 0.4) is 0 Å². The molecular formula is C29H35N6O8P. The first-order valence-electron chi connectivity index (χ1n) is 13.6. The smallest absolute Gasteiger partial charge is 0.466 e. The number of imidazole rings is 1. The Hall–Kier alpha value is -4.62. The average molecular weight is 627 g/mol. The molecule has 0 atom stereocenters. The molecule has 0 aliphatic carbocycles. The number of carbonyl (C=O) groups is 2. The minimum atomic E-state index is -4.64. The number of carbonyl (C=O) groups excluding carboxylic acids is 2. The van der Waals surface area contributed by atoms with Crippen LogP contribution in [0.15, 0.2) is 66.9 Å². The molecule has 0 bridgehead atoms. The fraction of sp³-hybridized carbons (Fsp3) is 0.276. The summed E-state index contributed by atoms with van der Waals surface area (Å²) in [5.41, 5.74) is 3.62. The first-order chi connectivity index (χ1) is 20.9. The van der Waals surface area contributed by atoms with E-state index in [1.54, 1.807) is 43.5 Å². The normalized spacial score (nSPS) is 10.9. The van der Waals surface area contributed by atoms with E-state index in [0.29, 0.717) is 35.6 Å². The zero-order valence-corrected chi connectivity index (χ0v) is 25.4. The van der Waals surface area contributed by atoms with E-state index in [1.165, 1.54) is 4.90 Å². The van der Waals surface area contributed by atoms with Crippen LogP contribution in [-0.2, 0) is 32.4 Å². The van der Waals surface area contributed by atoms with Crippen LogP contribution in [0.5, 0.6) is 0 Å². The molecule has 1 amide bonds. The van der Waals surface area contributed by atoms with Crippen molar-refractivity contribution in [3.05, 3.63) is 83.8 Å². The molecule has 15 heteroatoms. The van der Waals surface area contributed by atoms with Crippen LogP contribution in [0.25, 0.3) is 11.0 Å². The van der Waals surface area contributed by atoms with Crippen molar-refractivity contribution in [3.8, 4) is 0 Å². The molecule has 14 nitrogen and oxygen atoms in total. The molecule has 0 spiro atoms. The van der Waals surface area contributed by atoms with Crippen molar-refractivity contribution >= 4 is 48.1 Å². The van der Waals surface area contributed by atoms with Gasteiger partial charge in [0.05, 0.1) is 37.2 Å². The lowest BCUT2D eigenvalue weighted by molar-refractivity contribution is -0.142. The Balaban J connectivity index is 0.000000978. The van der Waals surface area contributed by atoms with Crippen molar-refractivity contribution in [1.82, 2.24) is 14.5 Å². The lowest BCUT2D eigenvalue weighted by Crippen LogP contribution is -2.34. The third-order valence-corrected chi connectivity index (χ3v) is 6.12. The van der Waals surface area contributed by atoms with Crippen LogP contribution in [0.2, 0.25) is 0 Å². The minimum Gasteiger partial charge on any atom is -0.478 e. The standard InChI is InChI=1S/C29H32N6O4.H3O4P/c1-4-38-27(36)15-17-35(25-8-6-7-16-31-25)29(37)21-11-14-24-23(18-21)33-26(34(24)3)19-32-22-12-9-20(10-13-22)28(30)39-5-2;1-5(2,3)4/h6-14,16,18,30,32H,4-5,15,17,19H2,1-3H3;(H3,1,2,3,4). The molecule has 0 aliphatic heterocycles. The molecular weight excluding hydrogens is 591 g/mol. The summed E-state index contributed by atoms with van der Waals surface area (Å²) in [4.78, 5) is 57.6. The van der Waals surface area contributed by atoms with E-state index in [-0.39, 0.29) is 37.3 Å². The number of rotatable bonds is 11. The number of esters is 1. The summed E-state index contributed by atoms with van der Waals surface area (Å²) in [6.45, 7) is 4.95. The predicted molar refractivity (Wildman–Crippen MR) is 164 cm³/mol. The monoisotopic (exact) mass is 626 g/mol. The number of anilines is 2. The SMILES string of the molecule is CCOC(=N)c1ccc(NCc2nc3cc(C(=O)N(CCC(=O)OCC)c4ccccn4)ccc3n2C)cc1.O=P(O)(O)O. The number of fused-ring (bicyclic) bond motifs is 1. The number of nitrogens with zero attached hydrogens (tertiary/aromatic N) is 4. The summed E-state index contributed by atoms with van der Waals surface area (Å²) in [7, 11) is -2.71. The Labute approximate surface area is 254 Å². The maximum Gasteiger partial charge on any atom is 0.466 e. The van der Waals surface area contributed by atoms with Crippen molar-refractivity contribution < 1.29 is 38.3 Å². The van der Waals surface area contributed by atoms with Crippen LogP contribution in [0, 0.1) is 5.41 Å². The zero-order chi connectivity index (χ0) is 32.3. The Morgan fingerprint density at radius 3 is 2.27 bits per heavy atom. The Morgan fingerprint density at radius 1 is 1.00 bits per heavy atom. The highest BCUT2D eigenvalue weighted by Gasteiger charge is 2.21. The van der Waals surface area contributed by atoms with Gasteiger partial charge in [0.25, 0.3) is 5.91 Å². The summed E-state index contributed by atoms with van der Waals surface area (Å²) < 4.78 is 21.1. The second-order valence-corrected chi connectivity index (χ2v) is 10.2. The van der Waals surface area contributed by atoms with Crippen molar-refractivity contribution in [2.45, 2.75) is 26.8 Å². The lowest BCUT2D eigenvalue weighted by Gasteiger charge is -2.21. The van der Waals surface area contributed by atoms with Gasteiger partial charge in [-0.3, -0.25) is 19.9 Å². The van der Waals surface area contributed by atoms with Crippen molar-refractivity contribution in [3.63, 3.8) is 0 Å². The molecule has 2 heterocycles. The number of hydrogen-bond acceptors (Lipinski definition) is 9. The maximum absolute atomic E-state index is 13.5. The quantitative estimate of drug-likeness (QED) is 0.0705. The molecule has 44 heavy (non-hydrogen) atoms. The van der Waals surface area contributed by atoms with Gasteiger partial charge < -0.3 is 34.0 Å². The second-order valence-electron chi connectivity index (χ2n) is 9.20. The van der Waals surface area contributed by atoms with Gasteiger partial charge in [-0.05, 0) is 68.4 Å². The molecule has 0 radical (unpaired) electrons. The third kappa shape index (κ3) is 9.99. The van der Waals surface area contributed by atoms with Gasteiger partial charge in [-0.25, -0.2) is 14.5 Å². The fourth-order valence-corrected chi connectivity index (χ4v) is 4.11. The summed E-state index contributed by atoms with van der Waals surface area (Å²) in [5, 5.41) is 11.3. The van der Waals surface area contributed by atoms with E-state index in [9.17, 15) is 9.59 Å². The van der Waals surface area contributed by atoms with Crippen molar-refractivity contribution in [2.75, 3.05) is 30.0 Å². The van der Waals surface area contributed by atoms with E-state index in [1.807, 2.05) is 48.9 Å². The number of aryl methyl sites for hydroxylation is 1. The maximum atomic E-state index is 13.5. The summed E-state index contributed by atoms with van der Waals surface area (Å²) in [6.07, 6.45) is 1.67. The van der Waals surface area contributed by atoms with E-state index >= 15 is 0 Å². The van der Waals surface area contributed by atoms with Gasteiger partial charge in [-0.1, -0.05) is 6.07 Å². The van der Waals surface area contributed by atoms with Crippen LogP contribution in [0.1, 0.15) is 42.0 Å². The molecule has 4 rings (SSSR count). The Kier molecular flexibility index (Phi) is 12.1. The topological polar surface area (TPSA) is 200 Å². The average Bonchev–Trinajstić information content (AvgIpc) is 3.30. The Bertz CT molecular complexity index is 1610. The molecule has 2 aromatic heterocycles. The Morgan fingerprint density at radius 2 is 1.66 bits per heavy atom. The van der Waals surface area contributed by atoms with E-state index in [2.05, 4.69) is 10.3 Å². The highest BCUT2D eigenvalue weighted by molar-refractivity contribution is 7.45. The number of pyridine rings is 1. The summed E-state index contributed by atoms with van der Waals surface area (Å²) in [6, 6.07) is 18.2. The first kappa shape index (κ1) is 33.9. The highest BCUT2D eigenvalue weighted by atomic mass is 31.2. The molecule has 234 valence electrons. The van der Waals surface area contributed by atoms with Crippen molar-refractivity contribution in [2.24, 2.45) is 7.05 Å². The van der Waals surface area contributed by atoms with Gasteiger partial charge in [-0.2, -0.15) is 0 Å². The van der Waals surface area contributed by atoms with Gasteiger partial charge in [0, 0.05) is 36.6 Å². The lowest BCUT2D eigenvalue weighted by atomic mass is 10.1. The molecule has 0 saturated carbocycles. The number of aromatic nitrogens is 3. The van der Waals surface area contributed by atoms with Gasteiger partial charge >= 0.3 is 13.8 Å². The summed E-state index contributed by atoms with van der Waals surface area (Å²) >= 11 is 0. The number of nitrogens with one attached hydrogen (secondary N) is 2. The highest BCUT2D eigenvalue weighted by Crippen LogP contribution is 2.26. The number of phosphoric acid groups is 1. The molecule has 2 aromatic carbocycles. The molecule has 0 fully saturated rings. The number of hydrogen-bond donors (Lipinski definition) is 5. The van der Waals surface area contributed by atoms with Crippen LogP contribution in [0.4, 0.5) is 11.5 Å². The molecule has 5 N–H and O–H groups in total. The van der Waals surface area contributed by atoms with Gasteiger partial charge in [-0.15, -0.1) is 0 Å². The zero-order valence-electron chi connectivity index (χ0n) is 24.5. The van der Waals surface area contributed by atoms with Crippen LogP contribution >= 0.6 is 7.82 Å². The molecule has 0 unspecified atom stereocenters. The van der Waals surface area contributed by atoms with Crippen LogP contribution < -0.4 is 10.2 Å². The second kappa shape index (κ2) is 15.7. The van der Waals surface area contributed by atoms with Gasteiger partial charge in [0.1, 0.15) is 11.6 Å². The largest absolute Gasteiger partial charge is 0.478 e. The number of amides is 1. The van der Waals surface area contributed by atoms with Gasteiger partial charge in [0.2, 0.25) is 5.90 Å². The summed E-state index contributed by atoms with van der Waals surface area (Å²) in [5.74, 6) is 0.755. The molecule has 4 aromatic rings. The van der Waals surface area contributed by atoms with E-state index < -0.39 is 7.82 Å². The number of benzene rings is 2. The van der Waals surface area contributed by atoms with Gasteiger partial charge in [0.15, 0.2) is 0 Å². The minimum absolute atomic E-state index is 0.0611. The third-order valence-electron chi connectivity index (χ3n) is 6.12. The van der Waals surface area contributed by atoms with Crippen LogP contribution in [-0.4, -0.2) is 66.7 Å². The van der Waals surface area contributed by atoms with E-state index in [4.69, 9.17) is 39.1 Å². The predicted octanol–water partition coefficient (Wildman–Crippen LogP) is 3.61. The fourth-order valence-electron chi connectivity index (χ4n) is 4.11. The van der Waals surface area contributed by atoms with Crippen molar-refractivity contribution in [1.29, 1.82) is 5.41 Å². The molecule has 0 saturated heterocycles.